The molecule has 0 aliphatic carbocycles. The molecule has 32 heteroatoms. The molecular weight excluding hydrogens is 1090 g/mol. The van der Waals surface area contributed by atoms with Crippen molar-refractivity contribution in [2.75, 3.05) is 36.2 Å². The van der Waals surface area contributed by atoms with Crippen molar-refractivity contribution in [3.8, 4) is 0 Å². The average Bonchev–Trinajstić information content (AvgIpc) is 4.05. The van der Waals surface area contributed by atoms with Gasteiger partial charge in [0.15, 0.2) is 15.6 Å². The number of hydrazone groups is 2. The number of amides is 1. The van der Waals surface area contributed by atoms with Gasteiger partial charge >= 0.3 is 37.0 Å². The fourth-order valence-corrected chi connectivity index (χ4v) is 10.0. The number of carbonyl (C=O) groups is 2. The van der Waals surface area contributed by atoms with Crippen molar-refractivity contribution >= 4 is 101 Å². The summed E-state index contributed by atoms with van der Waals surface area (Å²) in [6.07, 6.45) is 5.88. The molecule has 6 heterocycles. The number of thiazole rings is 2. The first-order valence-electron chi connectivity index (χ1n) is 20.7. The summed E-state index contributed by atoms with van der Waals surface area (Å²) in [7, 11) is -11.0. The van der Waals surface area contributed by atoms with Crippen LogP contribution in [0.15, 0.2) is 59.0 Å². The Bertz CT molecular complexity index is 3250. The first kappa shape index (κ1) is 59.4. The molecule has 0 radical (unpaired) electrons. The highest BCUT2D eigenvalue weighted by atomic mass is 35.5. The largest absolute Gasteiger partial charge is 0.516 e. The second-order valence-corrected chi connectivity index (χ2v) is 21.3. The number of fused-ring (bicyclic) bond motifs is 2. The molecule has 2 aromatic carbocycles. The third kappa shape index (κ3) is 12.8. The number of rotatable bonds is 11. The van der Waals surface area contributed by atoms with E-state index in [2.05, 4.69) is 25.5 Å². The minimum atomic E-state index is -5.56. The van der Waals surface area contributed by atoms with Crippen LogP contribution in [0.3, 0.4) is 0 Å². The number of sulfonamides is 2. The van der Waals surface area contributed by atoms with E-state index in [-0.39, 0.29) is 71.9 Å². The normalized spacial score (nSPS) is 14.0. The predicted molar refractivity (Wildman–Crippen MR) is 262 cm³/mol. The topological polar surface area (TPSA) is 233 Å². The molecule has 0 saturated heterocycles. The Morgan fingerprint density at radius 1 is 0.712 bits per heavy atom. The standard InChI is InChI=1S/C20H20F4N6O3S2.C11H12F4N4O2S.C9H10N2O2S.CH4.ClH/c1-3-15-17(29-10-12(2)34-19(29)27-15)18(31)25-9-13-4-5-16(14(21)8-13)30-7-6-28(11-26-30)35(32,33)20(22,23)24;12-9-5-8(6-16)1-2-10(9)19-4-3-18(7-17-19)22(20,21)11(13,14)15;1-3-6-7(8(12)13)11-4-5(2)14-9(11)10-6;;/h4-5,8,10-11H,3,6-7,9H2,1-2H3,(H,25,31);1-2,5,7H,3-4,6,16H2;4H,3H2,1-2H3,(H,12,13);1H4;1H. The monoisotopic (exact) mass is 1130 g/mol. The Hall–Kier alpha value is -6.15. The van der Waals surface area contributed by atoms with Gasteiger partial charge in [0.25, 0.3) is 5.91 Å². The van der Waals surface area contributed by atoms with Crippen LogP contribution in [0.2, 0.25) is 0 Å². The minimum absolute atomic E-state index is 0. The summed E-state index contributed by atoms with van der Waals surface area (Å²) in [4.78, 5) is 36.1. The lowest BCUT2D eigenvalue weighted by Gasteiger charge is -2.29. The van der Waals surface area contributed by atoms with Crippen LogP contribution in [-0.4, -0.2) is 111 Å². The first-order valence-corrected chi connectivity index (χ1v) is 25.3. The maximum Gasteiger partial charge on any atom is 0.516 e. The van der Waals surface area contributed by atoms with Crippen molar-refractivity contribution in [2.24, 2.45) is 15.9 Å². The summed E-state index contributed by atoms with van der Waals surface area (Å²) in [6, 6.07) is 8.18. The molecule has 19 nitrogen and oxygen atoms in total. The average molecular weight is 1140 g/mol. The molecule has 8 rings (SSSR count). The highest BCUT2D eigenvalue weighted by molar-refractivity contribution is 7.90. The zero-order valence-corrected chi connectivity index (χ0v) is 42.0. The molecule has 2 aliphatic rings. The molecule has 0 saturated carbocycles. The lowest BCUT2D eigenvalue weighted by Crippen LogP contribution is -2.46. The number of nitrogens with zero attached hydrogens (tertiary/aromatic N) is 10. The number of alkyl halides is 6. The third-order valence-electron chi connectivity index (χ3n) is 10.3. The molecule has 2 aliphatic heterocycles. The van der Waals surface area contributed by atoms with E-state index in [0.717, 1.165) is 24.7 Å². The fraction of sp³-hybridized carbons (Fsp3) is 0.366. The van der Waals surface area contributed by atoms with Crippen LogP contribution >= 0.6 is 35.1 Å². The number of halogens is 9. The van der Waals surface area contributed by atoms with Crippen LogP contribution < -0.4 is 21.1 Å². The number of aryl methyl sites for hydroxylation is 4. The van der Waals surface area contributed by atoms with Gasteiger partial charge in [-0.2, -0.15) is 53.4 Å². The minimum Gasteiger partial charge on any atom is -0.477 e. The van der Waals surface area contributed by atoms with Gasteiger partial charge in [0, 0.05) is 35.2 Å². The number of benzene rings is 2. The maximum absolute atomic E-state index is 14.7. The van der Waals surface area contributed by atoms with E-state index in [1.54, 1.807) is 14.9 Å². The number of nitrogens with two attached hydrogens (primary N) is 1. The van der Waals surface area contributed by atoms with Crippen molar-refractivity contribution in [2.45, 2.75) is 72.1 Å². The quantitative estimate of drug-likeness (QED) is 0.107. The van der Waals surface area contributed by atoms with Gasteiger partial charge in [0.05, 0.1) is 48.9 Å². The van der Waals surface area contributed by atoms with Gasteiger partial charge in [-0.15, -0.1) is 35.1 Å². The lowest BCUT2D eigenvalue weighted by molar-refractivity contribution is -0.0477. The van der Waals surface area contributed by atoms with Crippen LogP contribution in [0, 0.1) is 25.5 Å². The number of aromatic nitrogens is 4. The highest BCUT2D eigenvalue weighted by Gasteiger charge is 2.51. The second kappa shape index (κ2) is 23.4. The number of hydrogen-bond acceptors (Lipinski definition) is 15. The van der Waals surface area contributed by atoms with Gasteiger partial charge in [-0.05, 0) is 62.1 Å². The van der Waals surface area contributed by atoms with Gasteiger partial charge in [0.2, 0.25) is 0 Å². The molecule has 0 unspecified atom stereocenters. The van der Waals surface area contributed by atoms with Crippen molar-refractivity contribution in [1.29, 1.82) is 0 Å². The van der Waals surface area contributed by atoms with Crippen LogP contribution in [0.5, 0.6) is 0 Å². The zero-order chi connectivity index (χ0) is 52.4. The zero-order valence-electron chi connectivity index (χ0n) is 37.9. The van der Waals surface area contributed by atoms with Crippen LogP contribution in [0.1, 0.15) is 74.5 Å². The molecule has 0 atom stereocenters. The number of carboxylic acids is 1. The SMILES string of the molecule is C.CCc1nc2sc(C)cn2c1C(=O)NCc1ccc(N2CCN(S(=O)(=O)C(F)(F)F)C=N2)c(F)c1.CCc1nc2sc(C)cn2c1C(=O)O.Cl.NCc1ccc(N2CCN(S(=O)(=O)C(F)(F)F)C=N2)c(F)c1. The predicted octanol–water partition coefficient (Wildman–Crippen LogP) is 7.47. The number of aromatic carboxylic acids is 1. The maximum atomic E-state index is 14.7. The number of imidazole rings is 2. The van der Waals surface area contributed by atoms with E-state index in [1.807, 2.05) is 40.1 Å². The van der Waals surface area contributed by atoms with Crippen molar-refractivity contribution in [3.63, 3.8) is 0 Å². The van der Waals surface area contributed by atoms with Gasteiger partial charge < -0.3 is 16.2 Å². The van der Waals surface area contributed by atoms with Crippen LogP contribution in [0.25, 0.3) is 9.92 Å². The first-order chi connectivity index (χ1) is 33.2. The number of carbonyl (C=O) groups excluding carboxylic acids is 1. The molecule has 1 amide bonds. The van der Waals surface area contributed by atoms with E-state index >= 15 is 0 Å². The van der Waals surface area contributed by atoms with Gasteiger partial charge in [-0.25, -0.2) is 32.2 Å². The van der Waals surface area contributed by atoms with E-state index < -0.39 is 61.8 Å². The highest BCUT2D eigenvalue weighted by Crippen LogP contribution is 2.31. The Kier molecular flexibility index (Phi) is 19.0. The molecule has 0 fully saturated rings. The van der Waals surface area contributed by atoms with Gasteiger partial charge in [-0.3, -0.25) is 23.6 Å². The molecule has 0 bridgehead atoms. The Morgan fingerprint density at radius 2 is 1.12 bits per heavy atom. The molecule has 4 N–H and O–H groups in total. The Labute approximate surface area is 426 Å². The number of hydrogen-bond donors (Lipinski definition) is 3. The van der Waals surface area contributed by atoms with E-state index in [1.165, 1.54) is 53.0 Å². The number of nitrogens with one attached hydrogen (secondary N) is 1. The summed E-state index contributed by atoms with van der Waals surface area (Å²) < 4.78 is 153. The smallest absolute Gasteiger partial charge is 0.477 e. The Balaban J connectivity index is 0.000000259. The summed E-state index contributed by atoms with van der Waals surface area (Å²) in [6.45, 7) is 6.27. The van der Waals surface area contributed by atoms with Gasteiger partial charge in [-0.1, -0.05) is 33.4 Å². The summed E-state index contributed by atoms with van der Waals surface area (Å²) in [5.41, 5.74) is -2.50. The van der Waals surface area contributed by atoms with Crippen LogP contribution in [0.4, 0.5) is 46.5 Å². The Morgan fingerprint density at radius 3 is 1.49 bits per heavy atom. The second-order valence-electron chi connectivity index (χ2n) is 15.1. The fourth-order valence-electron chi connectivity index (χ4n) is 6.84. The van der Waals surface area contributed by atoms with Gasteiger partial charge in [0.1, 0.15) is 30.0 Å². The summed E-state index contributed by atoms with van der Waals surface area (Å²) in [5.74, 6) is -2.64. The van der Waals surface area contributed by atoms with Crippen LogP contribution in [-0.2, 0) is 46.0 Å². The summed E-state index contributed by atoms with van der Waals surface area (Å²) in [5, 5.41) is 21.1. The van der Waals surface area contributed by atoms with Crippen molar-refractivity contribution < 1.29 is 66.7 Å². The molecular formula is C41H47ClF8N12O7S4. The molecule has 0 spiro atoms. The van der Waals surface area contributed by atoms with Crippen molar-refractivity contribution in [1.82, 2.24) is 32.7 Å². The lowest BCUT2D eigenvalue weighted by atomic mass is 10.1. The molecule has 6 aromatic rings. The molecule has 400 valence electrons. The van der Waals surface area contributed by atoms with E-state index in [4.69, 9.17) is 10.8 Å². The van der Waals surface area contributed by atoms with E-state index in [0.29, 0.717) is 64.4 Å². The number of carboxylic acid groups (broad SMARTS) is 1. The van der Waals surface area contributed by atoms with Crippen molar-refractivity contribution in [3.05, 3.63) is 104 Å². The molecule has 4 aromatic heterocycles. The summed E-state index contributed by atoms with van der Waals surface area (Å²) >= 11 is 2.98. The number of anilines is 2. The molecule has 73 heavy (non-hydrogen) atoms. The third-order valence-corrected chi connectivity index (χ3v) is 15.0. The van der Waals surface area contributed by atoms with E-state index in [9.17, 15) is 61.5 Å².